The lowest BCUT2D eigenvalue weighted by Gasteiger charge is -2.08. The van der Waals surface area contributed by atoms with Crippen molar-refractivity contribution in [3.8, 4) is 0 Å². The highest BCUT2D eigenvalue weighted by molar-refractivity contribution is 7.92. The SMILES string of the molecule is COC(=O)CCCS(=O)(=O)Nc1c(C)csc1C(=O)O. The number of carbonyl (C=O) groups excluding carboxylic acids is 1. The number of hydrogen-bond acceptors (Lipinski definition) is 6. The Morgan fingerprint density at radius 1 is 1.45 bits per heavy atom. The van der Waals surface area contributed by atoms with Crippen LogP contribution in [-0.4, -0.2) is 38.3 Å². The maximum Gasteiger partial charge on any atom is 0.348 e. The number of anilines is 1. The quantitative estimate of drug-likeness (QED) is 0.736. The Morgan fingerprint density at radius 2 is 2.10 bits per heavy atom. The summed E-state index contributed by atoms with van der Waals surface area (Å²) in [5, 5.41) is 10.5. The topological polar surface area (TPSA) is 110 Å². The molecule has 0 fully saturated rings. The molecule has 0 bridgehead atoms. The summed E-state index contributed by atoms with van der Waals surface area (Å²) in [7, 11) is -2.48. The van der Waals surface area contributed by atoms with Crippen molar-refractivity contribution in [2.75, 3.05) is 17.6 Å². The lowest BCUT2D eigenvalue weighted by atomic mass is 10.3. The lowest BCUT2D eigenvalue weighted by Crippen LogP contribution is -2.19. The van der Waals surface area contributed by atoms with Crippen LogP contribution in [0, 0.1) is 6.92 Å². The first kappa shape index (κ1) is 16.4. The highest BCUT2D eigenvalue weighted by atomic mass is 32.2. The van der Waals surface area contributed by atoms with Crippen molar-refractivity contribution in [2.45, 2.75) is 19.8 Å². The van der Waals surface area contributed by atoms with Gasteiger partial charge >= 0.3 is 11.9 Å². The van der Waals surface area contributed by atoms with Crippen LogP contribution in [0.15, 0.2) is 5.38 Å². The molecule has 0 saturated heterocycles. The molecule has 2 N–H and O–H groups in total. The Hall–Kier alpha value is -1.61. The van der Waals surface area contributed by atoms with Crippen LogP contribution in [-0.2, 0) is 19.6 Å². The second kappa shape index (κ2) is 6.71. The highest BCUT2D eigenvalue weighted by Crippen LogP contribution is 2.28. The van der Waals surface area contributed by atoms with E-state index in [1.165, 1.54) is 7.11 Å². The standard InChI is InChI=1S/C11H15NO6S2/c1-7-6-19-10(11(14)15)9(7)12-20(16,17)5-3-4-8(13)18-2/h6,12H,3-5H2,1-2H3,(H,14,15). The number of carboxylic acid groups (broad SMARTS) is 1. The van der Waals surface area contributed by atoms with Crippen molar-refractivity contribution in [2.24, 2.45) is 0 Å². The molecule has 0 aliphatic carbocycles. The number of aryl methyl sites for hydroxylation is 1. The van der Waals surface area contributed by atoms with Gasteiger partial charge in [0.2, 0.25) is 10.0 Å². The molecule has 0 amide bonds. The number of esters is 1. The molecule has 0 aliphatic heterocycles. The fourth-order valence-electron chi connectivity index (χ4n) is 1.44. The number of ether oxygens (including phenoxy) is 1. The fraction of sp³-hybridized carbons (Fsp3) is 0.455. The molecule has 1 aromatic rings. The zero-order valence-electron chi connectivity index (χ0n) is 11.0. The molecule has 0 saturated carbocycles. The van der Waals surface area contributed by atoms with Crippen LogP contribution < -0.4 is 4.72 Å². The van der Waals surface area contributed by atoms with Gasteiger partial charge in [-0.05, 0) is 24.3 Å². The molecule has 112 valence electrons. The van der Waals surface area contributed by atoms with Crippen molar-refractivity contribution in [1.29, 1.82) is 0 Å². The minimum atomic E-state index is -3.70. The van der Waals surface area contributed by atoms with Crippen LogP contribution in [0.2, 0.25) is 0 Å². The molecule has 0 unspecified atom stereocenters. The summed E-state index contributed by atoms with van der Waals surface area (Å²) in [5.74, 6) is -1.95. The summed E-state index contributed by atoms with van der Waals surface area (Å²) >= 11 is 0.957. The van der Waals surface area contributed by atoms with Crippen LogP contribution in [0.5, 0.6) is 0 Å². The van der Waals surface area contributed by atoms with Gasteiger partial charge in [-0.2, -0.15) is 0 Å². The molecular weight excluding hydrogens is 306 g/mol. The number of sulfonamides is 1. The minimum Gasteiger partial charge on any atom is -0.477 e. The van der Waals surface area contributed by atoms with E-state index in [1.54, 1.807) is 12.3 Å². The van der Waals surface area contributed by atoms with E-state index in [4.69, 9.17) is 5.11 Å². The Morgan fingerprint density at radius 3 is 2.65 bits per heavy atom. The number of thiophene rings is 1. The first-order chi connectivity index (χ1) is 9.26. The minimum absolute atomic E-state index is 0.00812. The largest absolute Gasteiger partial charge is 0.477 e. The normalized spacial score (nSPS) is 11.1. The van der Waals surface area contributed by atoms with E-state index in [1.807, 2.05) is 0 Å². The van der Waals surface area contributed by atoms with E-state index < -0.39 is 22.0 Å². The molecule has 1 heterocycles. The van der Waals surface area contributed by atoms with Crippen LogP contribution in [0.25, 0.3) is 0 Å². The van der Waals surface area contributed by atoms with E-state index in [9.17, 15) is 18.0 Å². The van der Waals surface area contributed by atoms with Gasteiger partial charge in [0.15, 0.2) is 0 Å². The maximum absolute atomic E-state index is 11.8. The molecule has 0 aliphatic rings. The van der Waals surface area contributed by atoms with Gasteiger partial charge in [-0.15, -0.1) is 11.3 Å². The second-order valence-electron chi connectivity index (χ2n) is 4.03. The Balaban J connectivity index is 2.74. The van der Waals surface area contributed by atoms with Gasteiger partial charge in [0.25, 0.3) is 0 Å². The molecule has 0 aromatic carbocycles. The number of methoxy groups -OCH3 is 1. The summed E-state index contributed by atoms with van der Waals surface area (Å²) in [5.41, 5.74) is 0.629. The number of hydrogen-bond donors (Lipinski definition) is 2. The van der Waals surface area contributed by atoms with E-state index in [0.717, 1.165) is 11.3 Å². The van der Waals surface area contributed by atoms with Crippen molar-refractivity contribution >= 4 is 39.0 Å². The zero-order chi connectivity index (χ0) is 15.3. The van der Waals surface area contributed by atoms with Gasteiger partial charge in [0.05, 0.1) is 18.6 Å². The van der Waals surface area contributed by atoms with Crippen LogP contribution in [0.3, 0.4) is 0 Å². The van der Waals surface area contributed by atoms with E-state index in [-0.39, 0.29) is 29.2 Å². The smallest absolute Gasteiger partial charge is 0.348 e. The number of carbonyl (C=O) groups is 2. The third kappa shape index (κ3) is 4.49. The highest BCUT2D eigenvalue weighted by Gasteiger charge is 2.20. The molecule has 20 heavy (non-hydrogen) atoms. The molecule has 0 radical (unpaired) electrons. The van der Waals surface area contributed by atoms with Crippen molar-refractivity contribution in [3.05, 3.63) is 15.8 Å². The van der Waals surface area contributed by atoms with Crippen molar-refractivity contribution in [3.63, 3.8) is 0 Å². The average Bonchev–Trinajstić information content (AvgIpc) is 2.70. The van der Waals surface area contributed by atoms with Gasteiger partial charge in [-0.25, -0.2) is 13.2 Å². The summed E-state index contributed by atoms with van der Waals surface area (Å²) in [6.07, 6.45) is 0.0966. The summed E-state index contributed by atoms with van der Waals surface area (Å²) in [6, 6.07) is 0. The van der Waals surface area contributed by atoms with Gasteiger partial charge in [0.1, 0.15) is 4.88 Å². The van der Waals surface area contributed by atoms with Gasteiger partial charge in [-0.3, -0.25) is 9.52 Å². The molecule has 7 nitrogen and oxygen atoms in total. The van der Waals surface area contributed by atoms with Gasteiger partial charge in [-0.1, -0.05) is 0 Å². The predicted octanol–water partition coefficient (Wildman–Crippen LogP) is 1.45. The zero-order valence-corrected chi connectivity index (χ0v) is 12.6. The number of carboxylic acids is 1. The Labute approximate surface area is 120 Å². The van der Waals surface area contributed by atoms with E-state index >= 15 is 0 Å². The van der Waals surface area contributed by atoms with Crippen molar-refractivity contribution in [1.82, 2.24) is 0 Å². The summed E-state index contributed by atoms with van der Waals surface area (Å²) < 4.78 is 30.4. The fourth-order valence-corrected chi connectivity index (χ4v) is 3.55. The first-order valence-electron chi connectivity index (χ1n) is 5.65. The van der Waals surface area contributed by atoms with Gasteiger partial charge < -0.3 is 9.84 Å². The molecular formula is C11H15NO6S2. The van der Waals surface area contributed by atoms with Crippen LogP contribution >= 0.6 is 11.3 Å². The average molecular weight is 321 g/mol. The third-order valence-electron chi connectivity index (χ3n) is 2.45. The maximum atomic E-state index is 11.8. The van der Waals surface area contributed by atoms with Crippen LogP contribution in [0.1, 0.15) is 28.1 Å². The van der Waals surface area contributed by atoms with E-state index in [0.29, 0.717) is 5.56 Å². The molecule has 0 atom stereocenters. The second-order valence-corrected chi connectivity index (χ2v) is 6.75. The monoisotopic (exact) mass is 321 g/mol. The molecule has 1 aromatic heterocycles. The Bertz CT molecular complexity index is 604. The number of rotatable bonds is 7. The predicted molar refractivity (Wildman–Crippen MR) is 74.7 cm³/mol. The number of aromatic carboxylic acids is 1. The molecule has 0 spiro atoms. The van der Waals surface area contributed by atoms with Crippen LogP contribution in [0.4, 0.5) is 5.69 Å². The Kier molecular flexibility index (Phi) is 5.52. The lowest BCUT2D eigenvalue weighted by molar-refractivity contribution is -0.140. The van der Waals surface area contributed by atoms with E-state index in [2.05, 4.69) is 9.46 Å². The van der Waals surface area contributed by atoms with Crippen molar-refractivity contribution < 1.29 is 27.9 Å². The van der Waals surface area contributed by atoms with Gasteiger partial charge in [0, 0.05) is 6.42 Å². The first-order valence-corrected chi connectivity index (χ1v) is 8.18. The molecule has 1 rings (SSSR count). The number of nitrogens with one attached hydrogen (secondary N) is 1. The molecule has 9 heteroatoms. The summed E-state index contributed by atoms with van der Waals surface area (Å²) in [4.78, 5) is 21.8. The summed E-state index contributed by atoms with van der Waals surface area (Å²) in [6.45, 7) is 1.62. The third-order valence-corrected chi connectivity index (χ3v) is 4.88.